The summed E-state index contributed by atoms with van der Waals surface area (Å²) in [6.45, 7) is 4.39. The minimum absolute atomic E-state index is 0.672. The zero-order valence-corrected chi connectivity index (χ0v) is 5.96. The fourth-order valence-electron chi connectivity index (χ4n) is 0.563. The Kier molecular flexibility index (Phi) is 1.69. The predicted molar refractivity (Wildman–Crippen MR) is 37.2 cm³/mol. The van der Waals surface area contributed by atoms with E-state index in [0.29, 0.717) is 5.92 Å². The van der Waals surface area contributed by atoms with Gasteiger partial charge in [-0.15, -0.1) is 11.3 Å². The van der Waals surface area contributed by atoms with Crippen LogP contribution in [-0.4, -0.2) is 0 Å². The third kappa shape index (κ3) is 1.10. The first kappa shape index (κ1) is 5.83. The molecule has 1 rings (SSSR count). The Morgan fingerprint density at radius 2 is 2.38 bits per heavy atom. The lowest BCUT2D eigenvalue weighted by Gasteiger charge is -1.95. The third-order valence-electron chi connectivity index (χ3n) is 1.06. The van der Waals surface area contributed by atoms with Crippen LogP contribution in [-0.2, 0) is 0 Å². The molecule has 0 N–H and O–H groups in total. The SMILES string of the molecule is CC(C)c1cc[c]s1. The maximum atomic E-state index is 3.05. The fourth-order valence-corrected chi connectivity index (χ4v) is 1.21. The van der Waals surface area contributed by atoms with Gasteiger partial charge >= 0.3 is 0 Å². The Hall–Kier alpha value is -0.300. The van der Waals surface area contributed by atoms with Crippen LogP contribution in [0.3, 0.4) is 0 Å². The summed E-state index contributed by atoms with van der Waals surface area (Å²) in [4.78, 5) is 1.42. The van der Waals surface area contributed by atoms with Gasteiger partial charge in [0.2, 0.25) is 0 Å². The lowest BCUT2D eigenvalue weighted by molar-refractivity contribution is 0.890. The quantitative estimate of drug-likeness (QED) is 0.541. The molecule has 0 atom stereocenters. The molecule has 0 aromatic carbocycles. The van der Waals surface area contributed by atoms with Gasteiger partial charge in [-0.3, -0.25) is 0 Å². The standard InChI is InChI=1S/C7H9S/c1-6(2)7-4-3-5-8-7/h3-4,6H,1-2H3. The van der Waals surface area contributed by atoms with Crippen molar-refractivity contribution in [3.05, 3.63) is 22.4 Å². The van der Waals surface area contributed by atoms with Crippen LogP contribution in [0.25, 0.3) is 0 Å². The largest absolute Gasteiger partial charge is 0.139 e. The van der Waals surface area contributed by atoms with E-state index in [-0.39, 0.29) is 0 Å². The maximum Gasteiger partial charge on any atom is 0.0445 e. The summed E-state index contributed by atoms with van der Waals surface area (Å²) in [6.07, 6.45) is 0. The molecule has 0 spiro atoms. The van der Waals surface area contributed by atoms with Gasteiger partial charge in [-0.05, 0) is 18.1 Å². The monoisotopic (exact) mass is 125 g/mol. The van der Waals surface area contributed by atoms with Crippen molar-refractivity contribution in [3.63, 3.8) is 0 Å². The van der Waals surface area contributed by atoms with E-state index in [1.54, 1.807) is 11.3 Å². The van der Waals surface area contributed by atoms with Gasteiger partial charge in [-0.2, -0.15) is 0 Å². The summed E-state index contributed by atoms with van der Waals surface area (Å²) in [6, 6.07) is 4.09. The molecule has 1 aromatic rings. The molecular weight excluding hydrogens is 116 g/mol. The second kappa shape index (κ2) is 2.31. The van der Waals surface area contributed by atoms with E-state index < -0.39 is 0 Å². The normalized spacial score (nSPS) is 10.4. The van der Waals surface area contributed by atoms with E-state index >= 15 is 0 Å². The van der Waals surface area contributed by atoms with Gasteiger partial charge in [0.05, 0.1) is 0 Å². The van der Waals surface area contributed by atoms with Crippen molar-refractivity contribution in [1.29, 1.82) is 0 Å². The fraction of sp³-hybridized carbons (Fsp3) is 0.429. The zero-order chi connectivity index (χ0) is 5.98. The molecule has 8 heavy (non-hydrogen) atoms. The molecule has 1 heteroatoms. The smallest absolute Gasteiger partial charge is 0.0445 e. The highest BCUT2D eigenvalue weighted by molar-refractivity contribution is 7.09. The molecular formula is C7H9S. The van der Waals surface area contributed by atoms with Crippen LogP contribution in [0.2, 0.25) is 0 Å². The Labute approximate surface area is 54.2 Å². The van der Waals surface area contributed by atoms with E-state index in [1.807, 2.05) is 6.07 Å². The van der Waals surface area contributed by atoms with Gasteiger partial charge in [-0.1, -0.05) is 13.8 Å². The number of thiophene rings is 1. The topological polar surface area (TPSA) is 0 Å². The Morgan fingerprint density at radius 1 is 1.62 bits per heavy atom. The first-order valence-electron chi connectivity index (χ1n) is 2.76. The number of hydrogen-bond donors (Lipinski definition) is 0. The summed E-state index contributed by atoms with van der Waals surface area (Å²) in [5, 5.41) is 3.05. The van der Waals surface area contributed by atoms with E-state index in [0.717, 1.165) is 0 Å². The minimum atomic E-state index is 0.672. The van der Waals surface area contributed by atoms with Crippen molar-refractivity contribution in [2.75, 3.05) is 0 Å². The molecule has 0 saturated heterocycles. The maximum absolute atomic E-state index is 3.05. The molecule has 1 heterocycles. The Bertz CT molecular complexity index is 139. The van der Waals surface area contributed by atoms with Crippen molar-refractivity contribution in [3.8, 4) is 0 Å². The molecule has 1 radical (unpaired) electrons. The summed E-state index contributed by atoms with van der Waals surface area (Å²) in [7, 11) is 0. The molecule has 43 valence electrons. The number of rotatable bonds is 1. The second-order valence-corrected chi connectivity index (χ2v) is 3.02. The predicted octanol–water partition coefficient (Wildman–Crippen LogP) is 2.67. The van der Waals surface area contributed by atoms with E-state index in [1.165, 1.54) is 4.88 Å². The molecule has 0 saturated carbocycles. The van der Waals surface area contributed by atoms with Crippen molar-refractivity contribution in [2.45, 2.75) is 19.8 Å². The molecule has 0 unspecified atom stereocenters. The number of hydrogen-bond acceptors (Lipinski definition) is 1. The summed E-state index contributed by atoms with van der Waals surface area (Å²) < 4.78 is 0. The Balaban J connectivity index is 2.77. The van der Waals surface area contributed by atoms with Gasteiger partial charge < -0.3 is 0 Å². The van der Waals surface area contributed by atoms with Gasteiger partial charge in [0.1, 0.15) is 0 Å². The van der Waals surface area contributed by atoms with E-state index in [9.17, 15) is 0 Å². The van der Waals surface area contributed by atoms with Gasteiger partial charge in [0.25, 0.3) is 0 Å². The lowest BCUT2D eigenvalue weighted by atomic mass is 10.2. The van der Waals surface area contributed by atoms with Gasteiger partial charge in [0, 0.05) is 10.3 Å². The first-order valence-corrected chi connectivity index (χ1v) is 3.58. The van der Waals surface area contributed by atoms with Crippen LogP contribution in [0.4, 0.5) is 0 Å². The second-order valence-electron chi connectivity index (χ2n) is 2.11. The van der Waals surface area contributed by atoms with Gasteiger partial charge in [-0.25, -0.2) is 0 Å². The van der Waals surface area contributed by atoms with Crippen molar-refractivity contribution < 1.29 is 0 Å². The Morgan fingerprint density at radius 3 is 2.62 bits per heavy atom. The zero-order valence-electron chi connectivity index (χ0n) is 5.14. The first-order chi connectivity index (χ1) is 3.80. The van der Waals surface area contributed by atoms with Crippen molar-refractivity contribution >= 4 is 11.3 Å². The van der Waals surface area contributed by atoms with Crippen LogP contribution in [0.15, 0.2) is 12.1 Å². The lowest BCUT2D eigenvalue weighted by Crippen LogP contribution is -1.77. The molecule has 0 aliphatic heterocycles. The van der Waals surface area contributed by atoms with Crippen LogP contribution < -0.4 is 0 Å². The van der Waals surface area contributed by atoms with Crippen LogP contribution in [0, 0.1) is 5.38 Å². The van der Waals surface area contributed by atoms with E-state index in [2.05, 4.69) is 25.3 Å². The summed E-state index contributed by atoms with van der Waals surface area (Å²) in [5.41, 5.74) is 0. The van der Waals surface area contributed by atoms with Crippen LogP contribution >= 0.6 is 11.3 Å². The minimum Gasteiger partial charge on any atom is -0.139 e. The summed E-state index contributed by atoms with van der Waals surface area (Å²) >= 11 is 1.71. The molecule has 0 amide bonds. The van der Waals surface area contributed by atoms with Crippen molar-refractivity contribution in [1.82, 2.24) is 0 Å². The van der Waals surface area contributed by atoms with Crippen molar-refractivity contribution in [2.24, 2.45) is 0 Å². The molecule has 0 aliphatic rings. The average Bonchev–Trinajstić information content (AvgIpc) is 2.12. The molecule has 1 aromatic heterocycles. The molecule has 0 aliphatic carbocycles. The molecule has 0 nitrogen and oxygen atoms in total. The molecule has 0 fully saturated rings. The highest BCUT2D eigenvalue weighted by Gasteiger charge is 1.96. The van der Waals surface area contributed by atoms with E-state index in [4.69, 9.17) is 0 Å². The summed E-state index contributed by atoms with van der Waals surface area (Å²) in [5.74, 6) is 0.672. The molecule has 0 bridgehead atoms. The average molecular weight is 125 g/mol. The third-order valence-corrected chi connectivity index (χ3v) is 2.16. The van der Waals surface area contributed by atoms with Gasteiger partial charge in [0.15, 0.2) is 0 Å². The van der Waals surface area contributed by atoms with Crippen LogP contribution in [0.5, 0.6) is 0 Å². The highest BCUT2D eigenvalue weighted by Crippen LogP contribution is 2.18. The van der Waals surface area contributed by atoms with Crippen LogP contribution in [0.1, 0.15) is 24.6 Å². The highest BCUT2D eigenvalue weighted by atomic mass is 32.1.